The number of hydrogen-bond donors (Lipinski definition) is 2. The Morgan fingerprint density at radius 3 is 1.52 bits per heavy atom. The van der Waals surface area contributed by atoms with Crippen LogP contribution in [-0.4, -0.2) is 61.1 Å². The van der Waals surface area contributed by atoms with Crippen LogP contribution in [0.2, 0.25) is 0 Å². The molecule has 27 heavy (non-hydrogen) atoms. The first-order valence-electron chi connectivity index (χ1n) is 10.5. The molecule has 0 aliphatic carbocycles. The van der Waals surface area contributed by atoms with E-state index in [1.165, 1.54) is 12.8 Å². The summed E-state index contributed by atoms with van der Waals surface area (Å²) < 4.78 is 5.66. The summed E-state index contributed by atoms with van der Waals surface area (Å²) in [5.41, 5.74) is 0. The molecule has 0 atom stereocenters. The molecule has 2 N–H and O–H groups in total. The van der Waals surface area contributed by atoms with Crippen LogP contribution in [0.4, 0.5) is 0 Å². The van der Waals surface area contributed by atoms with Crippen molar-refractivity contribution in [1.82, 2.24) is 10.6 Å². The summed E-state index contributed by atoms with van der Waals surface area (Å²) in [6.07, 6.45) is 7.93. The molecule has 5 nitrogen and oxygen atoms in total. The average Bonchev–Trinajstić information content (AvgIpc) is 2.64. The Morgan fingerprint density at radius 2 is 1.11 bits per heavy atom. The molecular weight excluding hydrogens is 380 g/mol. The molecule has 0 aromatic carbocycles. The highest BCUT2D eigenvalue weighted by Gasteiger charge is 2.00. The van der Waals surface area contributed by atoms with Crippen LogP contribution >= 0.6 is 23.5 Å². The fourth-order valence-corrected chi connectivity index (χ4v) is 4.14. The largest absolute Gasteiger partial charge is 0.380 e. The molecule has 0 saturated carbocycles. The molecule has 0 fully saturated rings. The van der Waals surface area contributed by atoms with Crippen LogP contribution in [-0.2, 0) is 14.3 Å². The van der Waals surface area contributed by atoms with Crippen LogP contribution < -0.4 is 10.6 Å². The standard InChI is InChI=1S/C20H40N2O3S2/c1-3-21-19(23)11-7-5-9-15-26-17-13-25-14-18-27-16-10-6-8-12-20(24)22-4-2/h3-18H2,1-2H3,(H,21,23)(H,22,24). The predicted molar refractivity (Wildman–Crippen MR) is 120 cm³/mol. The van der Waals surface area contributed by atoms with Gasteiger partial charge in [-0.3, -0.25) is 9.59 Å². The van der Waals surface area contributed by atoms with E-state index >= 15 is 0 Å². The van der Waals surface area contributed by atoms with E-state index in [4.69, 9.17) is 4.74 Å². The smallest absolute Gasteiger partial charge is 0.219 e. The second kappa shape index (κ2) is 21.9. The van der Waals surface area contributed by atoms with E-state index in [9.17, 15) is 9.59 Å². The van der Waals surface area contributed by atoms with Gasteiger partial charge in [-0.2, -0.15) is 23.5 Å². The molecule has 0 rings (SSSR count). The molecule has 0 aliphatic heterocycles. The number of rotatable bonds is 20. The van der Waals surface area contributed by atoms with Crippen LogP contribution in [0, 0.1) is 0 Å². The highest BCUT2D eigenvalue weighted by atomic mass is 32.2. The summed E-state index contributed by atoms with van der Waals surface area (Å²) in [5, 5.41) is 5.66. The van der Waals surface area contributed by atoms with Gasteiger partial charge in [0.25, 0.3) is 0 Å². The summed E-state index contributed by atoms with van der Waals surface area (Å²) in [5.74, 6) is 4.78. The summed E-state index contributed by atoms with van der Waals surface area (Å²) in [4.78, 5) is 22.6. The number of unbranched alkanes of at least 4 members (excludes halogenated alkanes) is 4. The van der Waals surface area contributed by atoms with Gasteiger partial charge in [-0.05, 0) is 51.0 Å². The lowest BCUT2D eigenvalue weighted by Gasteiger charge is -2.05. The maximum atomic E-state index is 11.3. The molecule has 0 bridgehead atoms. The monoisotopic (exact) mass is 420 g/mol. The molecule has 0 aromatic heterocycles. The Morgan fingerprint density at radius 1 is 0.667 bits per heavy atom. The van der Waals surface area contributed by atoms with Crippen LogP contribution in [0.15, 0.2) is 0 Å². The Bertz CT molecular complexity index is 326. The van der Waals surface area contributed by atoms with Crippen molar-refractivity contribution in [3.8, 4) is 0 Å². The molecule has 0 heterocycles. The van der Waals surface area contributed by atoms with Crippen molar-refractivity contribution in [1.29, 1.82) is 0 Å². The minimum absolute atomic E-state index is 0.177. The summed E-state index contributed by atoms with van der Waals surface area (Å²) >= 11 is 3.88. The van der Waals surface area contributed by atoms with Gasteiger partial charge >= 0.3 is 0 Å². The molecule has 7 heteroatoms. The first kappa shape index (κ1) is 26.6. The lowest BCUT2D eigenvalue weighted by Crippen LogP contribution is -2.21. The van der Waals surface area contributed by atoms with Crippen molar-refractivity contribution in [2.24, 2.45) is 0 Å². The molecule has 0 aliphatic rings. The number of nitrogens with one attached hydrogen (secondary N) is 2. The maximum absolute atomic E-state index is 11.3. The van der Waals surface area contributed by atoms with Gasteiger partial charge in [-0.15, -0.1) is 0 Å². The van der Waals surface area contributed by atoms with E-state index in [-0.39, 0.29) is 11.8 Å². The lowest BCUT2D eigenvalue weighted by molar-refractivity contribution is -0.121. The zero-order chi connectivity index (χ0) is 20.0. The van der Waals surface area contributed by atoms with E-state index in [1.807, 2.05) is 37.4 Å². The Labute approximate surface area is 174 Å². The summed E-state index contributed by atoms with van der Waals surface area (Å²) in [6, 6.07) is 0. The second-order valence-corrected chi connectivity index (χ2v) is 8.81. The van der Waals surface area contributed by atoms with E-state index in [0.717, 1.165) is 75.0 Å². The third-order valence-corrected chi connectivity index (χ3v) is 5.94. The minimum atomic E-state index is 0.177. The number of carbonyl (C=O) groups excluding carboxylic acids is 2. The van der Waals surface area contributed by atoms with Gasteiger partial charge in [-0.1, -0.05) is 12.8 Å². The van der Waals surface area contributed by atoms with Crippen LogP contribution in [0.5, 0.6) is 0 Å². The van der Waals surface area contributed by atoms with Gasteiger partial charge in [0.05, 0.1) is 13.2 Å². The predicted octanol–water partition coefficient (Wildman–Crippen LogP) is 3.86. The number of carbonyl (C=O) groups is 2. The molecule has 0 radical (unpaired) electrons. The maximum Gasteiger partial charge on any atom is 0.219 e. The number of hydrogen-bond acceptors (Lipinski definition) is 5. The second-order valence-electron chi connectivity index (χ2n) is 6.37. The molecule has 0 aromatic rings. The fourth-order valence-electron chi connectivity index (χ4n) is 2.45. The zero-order valence-electron chi connectivity index (χ0n) is 17.4. The van der Waals surface area contributed by atoms with Gasteiger partial charge in [0.15, 0.2) is 0 Å². The van der Waals surface area contributed by atoms with E-state index in [2.05, 4.69) is 10.6 Å². The Hall–Kier alpha value is -0.400. The minimum Gasteiger partial charge on any atom is -0.380 e. The lowest BCUT2D eigenvalue weighted by atomic mass is 10.2. The van der Waals surface area contributed by atoms with Crippen molar-refractivity contribution in [2.45, 2.75) is 65.2 Å². The molecule has 160 valence electrons. The fraction of sp³-hybridized carbons (Fsp3) is 0.900. The first-order chi connectivity index (χ1) is 13.2. The van der Waals surface area contributed by atoms with Crippen molar-refractivity contribution in [3.63, 3.8) is 0 Å². The van der Waals surface area contributed by atoms with Crippen LogP contribution in [0.1, 0.15) is 65.2 Å². The topological polar surface area (TPSA) is 67.4 Å². The quantitative estimate of drug-likeness (QED) is 0.293. The van der Waals surface area contributed by atoms with Gasteiger partial charge in [0.2, 0.25) is 11.8 Å². The molecule has 0 spiro atoms. The van der Waals surface area contributed by atoms with Gasteiger partial charge in [0, 0.05) is 37.4 Å². The normalized spacial score (nSPS) is 10.7. The zero-order valence-corrected chi connectivity index (χ0v) is 19.0. The van der Waals surface area contributed by atoms with Gasteiger partial charge in [-0.25, -0.2) is 0 Å². The highest BCUT2D eigenvalue weighted by molar-refractivity contribution is 7.99. The van der Waals surface area contributed by atoms with Crippen LogP contribution in [0.3, 0.4) is 0 Å². The molecule has 0 saturated heterocycles. The number of thioether (sulfide) groups is 2. The van der Waals surface area contributed by atoms with Crippen molar-refractivity contribution >= 4 is 35.3 Å². The summed E-state index contributed by atoms with van der Waals surface area (Å²) in [7, 11) is 0. The third kappa shape index (κ3) is 21.8. The van der Waals surface area contributed by atoms with E-state index < -0.39 is 0 Å². The third-order valence-electron chi connectivity index (χ3n) is 3.88. The van der Waals surface area contributed by atoms with Crippen LogP contribution in [0.25, 0.3) is 0 Å². The average molecular weight is 421 g/mol. The molecule has 2 amide bonds. The van der Waals surface area contributed by atoms with E-state index in [1.54, 1.807) is 0 Å². The highest BCUT2D eigenvalue weighted by Crippen LogP contribution is 2.09. The SMILES string of the molecule is CCNC(=O)CCCCCSCCOCCSCCCCCC(=O)NCC. The Balaban J connectivity index is 3.09. The Kier molecular flexibility index (Phi) is 21.6. The first-order valence-corrected chi connectivity index (χ1v) is 12.8. The molecular formula is C20H40N2O3S2. The number of ether oxygens (including phenoxy) is 1. The van der Waals surface area contributed by atoms with Gasteiger partial charge in [0.1, 0.15) is 0 Å². The van der Waals surface area contributed by atoms with Crippen molar-refractivity contribution in [2.75, 3.05) is 49.3 Å². The summed E-state index contributed by atoms with van der Waals surface area (Å²) in [6.45, 7) is 7.02. The van der Waals surface area contributed by atoms with Crippen molar-refractivity contribution < 1.29 is 14.3 Å². The van der Waals surface area contributed by atoms with Gasteiger partial charge < -0.3 is 15.4 Å². The molecule has 0 unspecified atom stereocenters. The van der Waals surface area contributed by atoms with E-state index in [0.29, 0.717) is 12.8 Å². The number of amides is 2. The van der Waals surface area contributed by atoms with Crippen molar-refractivity contribution in [3.05, 3.63) is 0 Å².